The van der Waals surface area contributed by atoms with Gasteiger partial charge in [0.25, 0.3) is 0 Å². The Balaban J connectivity index is 2.44. The van der Waals surface area contributed by atoms with Gasteiger partial charge in [0.1, 0.15) is 0 Å². The molecule has 1 saturated carbocycles. The van der Waals surface area contributed by atoms with Crippen LogP contribution in [0.25, 0.3) is 0 Å². The van der Waals surface area contributed by atoms with Gasteiger partial charge in [0, 0.05) is 19.0 Å². The standard InChI is InChI=1S/C12H24N2S/c1-3-7-14(9-10-5-6-10)11(4-2)8-12(13)15/h10-11H,3-9H2,1-2H3,(H2,13,15). The number of rotatable bonds is 8. The Morgan fingerprint density at radius 2 is 2.13 bits per heavy atom. The normalized spacial score (nSPS) is 18.1. The first kappa shape index (κ1) is 12.9. The highest BCUT2D eigenvalue weighted by Crippen LogP contribution is 2.31. The van der Waals surface area contributed by atoms with Crippen molar-refractivity contribution in [3.05, 3.63) is 0 Å². The van der Waals surface area contributed by atoms with E-state index in [1.165, 1.54) is 32.4 Å². The molecule has 1 aliphatic rings. The molecule has 2 N–H and O–H groups in total. The van der Waals surface area contributed by atoms with Crippen molar-refractivity contribution < 1.29 is 0 Å². The molecule has 0 bridgehead atoms. The van der Waals surface area contributed by atoms with Gasteiger partial charge < -0.3 is 5.73 Å². The topological polar surface area (TPSA) is 29.3 Å². The lowest BCUT2D eigenvalue weighted by Crippen LogP contribution is -2.39. The van der Waals surface area contributed by atoms with Crippen LogP contribution in [-0.4, -0.2) is 29.0 Å². The molecule has 15 heavy (non-hydrogen) atoms. The highest BCUT2D eigenvalue weighted by molar-refractivity contribution is 7.80. The number of hydrogen-bond acceptors (Lipinski definition) is 2. The quantitative estimate of drug-likeness (QED) is 0.647. The minimum atomic E-state index is 0.572. The molecule has 3 heteroatoms. The molecule has 0 aliphatic heterocycles. The van der Waals surface area contributed by atoms with Crippen molar-refractivity contribution in [1.29, 1.82) is 0 Å². The number of nitrogens with two attached hydrogens (primary N) is 1. The number of thiocarbonyl (C=S) groups is 1. The lowest BCUT2D eigenvalue weighted by Gasteiger charge is -2.30. The predicted molar refractivity (Wildman–Crippen MR) is 70.1 cm³/mol. The van der Waals surface area contributed by atoms with Crippen molar-refractivity contribution in [2.24, 2.45) is 11.7 Å². The number of hydrogen-bond donors (Lipinski definition) is 1. The van der Waals surface area contributed by atoms with Crippen molar-refractivity contribution >= 4 is 17.2 Å². The van der Waals surface area contributed by atoms with Gasteiger partial charge in [-0.3, -0.25) is 4.90 Å². The highest BCUT2D eigenvalue weighted by Gasteiger charge is 2.27. The summed E-state index contributed by atoms with van der Waals surface area (Å²) in [5, 5.41) is 0. The van der Waals surface area contributed by atoms with Crippen LogP contribution in [0.3, 0.4) is 0 Å². The second-order valence-electron chi connectivity index (χ2n) is 4.67. The second kappa shape index (κ2) is 6.44. The van der Waals surface area contributed by atoms with Gasteiger partial charge in [0.2, 0.25) is 0 Å². The van der Waals surface area contributed by atoms with Gasteiger partial charge >= 0.3 is 0 Å². The molecule has 0 aromatic heterocycles. The van der Waals surface area contributed by atoms with Crippen LogP contribution in [0.1, 0.15) is 46.0 Å². The summed E-state index contributed by atoms with van der Waals surface area (Å²) in [6.45, 7) is 6.93. The van der Waals surface area contributed by atoms with Gasteiger partial charge in [0.05, 0.1) is 4.99 Å². The third-order valence-electron chi connectivity index (χ3n) is 3.12. The highest BCUT2D eigenvalue weighted by atomic mass is 32.1. The summed E-state index contributed by atoms with van der Waals surface area (Å²) >= 11 is 5.02. The van der Waals surface area contributed by atoms with E-state index in [4.69, 9.17) is 18.0 Å². The Hall–Kier alpha value is -0.150. The Morgan fingerprint density at radius 1 is 1.47 bits per heavy atom. The fraction of sp³-hybridized carbons (Fsp3) is 0.917. The largest absolute Gasteiger partial charge is 0.393 e. The summed E-state index contributed by atoms with van der Waals surface area (Å²) in [7, 11) is 0. The van der Waals surface area contributed by atoms with Crippen LogP contribution in [0.4, 0.5) is 0 Å². The fourth-order valence-electron chi connectivity index (χ4n) is 2.11. The molecule has 0 aromatic rings. The zero-order valence-corrected chi connectivity index (χ0v) is 10.9. The molecule has 1 unspecified atom stereocenters. The van der Waals surface area contributed by atoms with Gasteiger partial charge in [0.15, 0.2) is 0 Å². The molecular formula is C12H24N2S. The first-order chi connectivity index (χ1) is 7.17. The molecule has 1 rings (SSSR count). The SMILES string of the molecule is CCCN(CC1CC1)C(CC)CC(N)=S. The maximum Gasteiger partial charge on any atom is 0.0743 e. The number of nitrogens with zero attached hydrogens (tertiary/aromatic N) is 1. The van der Waals surface area contributed by atoms with E-state index < -0.39 is 0 Å². The Bertz CT molecular complexity index is 202. The molecule has 0 radical (unpaired) electrons. The van der Waals surface area contributed by atoms with Crippen LogP contribution < -0.4 is 5.73 Å². The summed E-state index contributed by atoms with van der Waals surface area (Å²) < 4.78 is 0. The van der Waals surface area contributed by atoms with E-state index in [9.17, 15) is 0 Å². The third kappa shape index (κ3) is 4.94. The van der Waals surface area contributed by atoms with E-state index in [0.717, 1.165) is 18.8 Å². The van der Waals surface area contributed by atoms with Crippen LogP contribution >= 0.6 is 12.2 Å². The van der Waals surface area contributed by atoms with Crippen LogP contribution in [0.2, 0.25) is 0 Å². The lowest BCUT2D eigenvalue weighted by molar-refractivity contribution is 0.187. The van der Waals surface area contributed by atoms with Crippen LogP contribution in [-0.2, 0) is 0 Å². The second-order valence-corrected chi connectivity index (χ2v) is 5.20. The first-order valence-corrected chi connectivity index (χ1v) is 6.60. The van der Waals surface area contributed by atoms with Crippen molar-refractivity contribution in [2.45, 2.75) is 52.0 Å². The van der Waals surface area contributed by atoms with E-state index in [-0.39, 0.29) is 0 Å². The van der Waals surface area contributed by atoms with Crippen molar-refractivity contribution in [3.8, 4) is 0 Å². The average Bonchev–Trinajstić information content (AvgIpc) is 2.97. The molecule has 0 amide bonds. The average molecular weight is 228 g/mol. The zero-order chi connectivity index (χ0) is 11.3. The summed E-state index contributed by atoms with van der Waals surface area (Å²) in [5.74, 6) is 0.956. The Morgan fingerprint density at radius 3 is 2.53 bits per heavy atom. The van der Waals surface area contributed by atoms with E-state index in [0.29, 0.717) is 11.0 Å². The fourth-order valence-corrected chi connectivity index (χ4v) is 2.30. The van der Waals surface area contributed by atoms with Crippen LogP contribution in [0.5, 0.6) is 0 Å². The van der Waals surface area contributed by atoms with E-state index in [1.54, 1.807) is 0 Å². The predicted octanol–water partition coefficient (Wildman–Crippen LogP) is 2.56. The smallest absolute Gasteiger partial charge is 0.0743 e. The van der Waals surface area contributed by atoms with Gasteiger partial charge in [-0.05, 0) is 38.1 Å². The van der Waals surface area contributed by atoms with Gasteiger partial charge in [-0.15, -0.1) is 0 Å². The molecule has 2 nitrogen and oxygen atoms in total. The summed E-state index contributed by atoms with van der Waals surface area (Å²) in [6.07, 6.45) is 6.11. The summed E-state index contributed by atoms with van der Waals surface area (Å²) in [6, 6.07) is 0.572. The molecule has 0 saturated heterocycles. The van der Waals surface area contributed by atoms with E-state index >= 15 is 0 Å². The third-order valence-corrected chi connectivity index (χ3v) is 3.29. The maximum atomic E-state index is 5.65. The van der Waals surface area contributed by atoms with Crippen molar-refractivity contribution in [2.75, 3.05) is 13.1 Å². The maximum absolute atomic E-state index is 5.65. The zero-order valence-electron chi connectivity index (χ0n) is 10.0. The molecular weight excluding hydrogens is 204 g/mol. The van der Waals surface area contributed by atoms with E-state index in [2.05, 4.69) is 18.7 Å². The van der Waals surface area contributed by atoms with E-state index in [1.807, 2.05) is 0 Å². The van der Waals surface area contributed by atoms with Crippen molar-refractivity contribution in [3.63, 3.8) is 0 Å². The van der Waals surface area contributed by atoms with Crippen LogP contribution in [0, 0.1) is 5.92 Å². The summed E-state index contributed by atoms with van der Waals surface area (Å²) in [5.41, 5.74) is 5.65. The van der Waals surface area contributed by atoms with Gasteiger partial charge in [-0.1, -0.05) is 26.1 Å². The molecule has 0 aromatic carbocycles. The molecule has 0 heterocycles. The summed E-state index contributed by atoms with van der Waals surface area (Å²) in [4.78, 5) is 3.26. The van der Waals surface area contributed by atoms with Crippen molar-refractivity contribution in [1.82, 2.24) is 4.90 Å². The van der Waals surface area contributed by atoms with Gasteiger partial charge in [-0.2, -0.15) is 0 Å². The minimum Gasteiger partial charge on any atom is -0.393 e. The monoisotopic (exact) mass is 228 g/mol. The Labute approximate surface area is 99.2 Å². The van der Waals surface area contributed by atoms with Gasteiger partial charge in [-0.25, -0.2) is 0 Å². The lowest BCUT2D eigenvalue weighted by atomic mass is 10.1. The molecule has 88 valence electrons. The first-order valence-electron chi connectivity index (χ1n) is 6.19. The minimum absolute atomic E-state index is 0.572. The Kier molecular flexibility index (Phi) is 5.54. The molecule has 1 fully saturated rings. The van der Waals surface area contributed by atoms with Crippen LogP contribution in [0.15, 0.2) is 0 Å². The molecule has 1 aliphatic carbocycles. The molecule has 0 spiro atoms. The molecule has 1 atom stereocenters.